The molecular weight excluding hydrogens is 979 g/mol. The van der Waals surface area contributed by atoms with E-state index in [2.05, 4.69) is 129 Å². The molecule has 1 aliphatic heterocycles. The van der Waals surface area contributed by atoms with Crippen molar-refractivity contribution in [3.8, 4) is 0 Å². The van der Waals surface area contributed by atoms with Crippen LogP contribution in [-0.2, 0) is 23.8 Å². The SMILES string of the molecule is CC/C=C\C/C=C\C/C=C\C/C=C\C/C=C\C/C=C\CC(O)C(=O)NC(COC1OC(CO)C(O)C(O)C1OC(=O)CCCCC/C=C\C/C=C\C/C=C\C/C=C\CCCCC)C(O)/C=C/CCCCCCCCCCCC. The number of carbonyl (C=O) groups excluding carboxylic acids is 2. The van der Waals surface area contributed by atoms with Crippen LogP contribution in [0.15, 0.2) is 134 Å². The largest absolute Gasteiger partial charge is 0.454 e. The molecule has 0 radical (unpaired) electrons. The Kier molecular flexibility index (Phi) is 49.2. The van der Waals surface area contributed by atoms with Crippen LogP contribution in [0.2, 0.25) is 0 Å². The number of unbranched alkanes of at least 4 members (excludes halogenated alkanes) is 16. The summed E-state index contributed by atoms with van der Waals surface area (Å²) < 4.78 is 17.5. The molecule has 11 heteroatoms. The maximum Gasteiger partial charge on any atom is 0.306 e. The molecule has 8 unspecified atom stereocenters. The second-order valence-electron chi connectivity index (χ2n) is 20.4. The Hall–Kier alpha value is -4.20. The third kappa shape index (κ3) is 40.9. The van der Waals surface area contributed by atoms with Gasteiger partial charge in [-0.05, 0) is 103 Å². The van der Waals surface area contributed by atoms with Crippen molar-refractivity contribution in [1.82, 2.24) is 5.32 Å². The Labute approximate surface area is 473 Å². The Morgan fingerprint density at radius 3 is 1.41 bits per heavy atom. The van der Waals surface area contributed by atoms with Crippen LogP contribution in [0.3, 0.4) is 0 Å². The Morgan fingerprint density at radius 1 is 0.513 bits per heavy atom. The van der Waals surface area contributed by atoms with E-state index in [9.17, 15) is 35.1 Å². The summed E-state index contributed by atoms with van der Waals surface area (Å²) in [5.74, 6) is -1.33. The first kappa shape index (κ1) is 71.8. The highest BCUT2D eigenvalue weighted by Crippen LogP contribution is 2.26. The highest BCUT2D eigenvalue weighted by atomic mass is 16.7. The number of ether oxygens (including phenoxy) is 3. The van der Waals surface area contributed by atoms with Gasteiger partial charge in [-0.1, -0.05) is 231 Å². The number of aliphatic hydroxyl groups excluding tert-OH is 5. The molecule has 8 atom stereocenters. The molecule has 6 N–H and O–H groups in total. The van der Waals surface area contributed by atoms with Crippen molar-refractivity contribution in [1.29, 1.82) is 0 Å². The van der Waals surface area contributed by atoms with Crippen LogP contribution in [0.1, 0.15) is 213 Å². The van der Waals surface area contributed by atoms with Crippen LogP contribution in [0.25, 0.3) is 0 Å². The molecule has 0 saturated carbocycles. The predicted octanol–water partition coefficient (Wildman–Crippen LogP) is 14.4. The molecule has 11 nitrogen and oxygen atoms in total. The molecule has 1 heterocycles. The first-order valence-corrected chi connectivity index (χ1v) is 30.5. The van der Waals surface area contributed by atoms with Crippen LogP contribution in [0, 0.1) is 0 Å². The van der Waals surface area contributed by atoms with Crippen molar-refractivity contribution in [3.63, 3.8) is 0 Å². The van der Waals surface area contributed by atoms with Crippen molar-refractivity contribution in [2.45, 2.75) is 262 Å². The molecule has 78 heavy (non-hydrogen) atoms. The minimum absolute atomic E-state index is 0.0470. The van der Waals surface area contributed by atoms with Crippen LogP contribution in [-0.4, -0.2) is 99.6 Å². The number of carbonyl (C=O) groups is 2. The second-order valence-corrected chi connectivity index (χ2v) is 20.4. The fraction of sp³-hybridized carbons (Fsp3) is 0.642. The van der Waals surface area contributed by atoms with Gasteiger partial charge in [-0.2, -0.15) is 0 Å². The smallest absolute Gasteiger partial charge is 0.306 e. The fourth-order valence-corrected chi connectivity index (χ4v) is 8.47. The summed E-state index contributed by atoms with van der Waals surface area (Å²) in [6, 6.07) is -1.08. The lowest BCUT2D eigenvalue weighted by molar-refractivity contribution is -0.305. The minimum atomic E-state index is -1.65. The maximum absolute atomic E-state index is 13.4. The van der Waals surface area contributed by atoms with Crippen molar-refractivity contribution >= 4 is 11.9 Å². The number of hydrogen-bond donors (Lipinski definition) is 6. The topological polar surface area (TPSA) is 175 Å². The molecular formula is C67H109NO10. The quantitative estimate of drug-likeness (QED) is 0.0195. The maximum atomic E-state index is 13.4. The molecule has 0 aromatic heterocycles. The lowest BCUT2D eigenvalue weighted by Gasteiger charge is -2.41. The Balaban J connectivity index is 2.78. The van der Waals surface area contributed by atoms with Gasteiger partial charge in [0, 0.05) is 12.8 Å². The normalized spacial score (nSPS) is 19.9. The van der Waals surface area contributed by atoms with Gasteiger partial charge in [-0.3, -0.25) is 9.59 Å². The number of rotatable bonds is 49. The molecule has 0 aromatic rings. The van der Waals surface area contributed by atoms with Crippen LogP contribution < -0.4 is 5.32 Å². The first-order chi connectivity index (χ1) is 38.2. The zero-order valence-corrected chi connectivity index (χ0v) is 48.7. The predicted molar refractivity (Wildman–Crippen MR) is 324 cm³/mol. The highest BCUT2D eigenvalue weighted by Gasteiger charge is 2.47. The minimum Gasteiger partial charge on any atom is -0.454 e. The Morgan fingerprint density at radius 2 is 0.923 bits per heavy atom. The first-order valence-electron chi connectivity index (χ1n) is 30.5. The molecule has 1 amide bonds. The van der Waals surface area contributed by atoms with Gasteiger partial charge in [-0.25, -0.2) is 0 Å². The molecule has 0 spiro atoms. The van der Waals surface area contributed by atoms with Crippen LogP contribution >= 0.6 is 0 Å². The molecule has 1 rings (SSSR count). The van der Waals surface area contributed by atoms with E-state index in [0.29, 0.717) is 12.8 Å². The molecule has 0 aromatic carbocycles. The third-order valence-corrected chi connectivity index (χ3v) is 13.3. The summed E-state index contributed by atoms with van der Waals surface area (Å²) in [6.45, 7) is 5.56. The van der Waals surface area contributed by atoms with Gasteiger partial charge in [-0.15, -0.1) is 0 Å². The molecule has 0 bridgehead atoms. The lowest BCUT2D eigenvalue weighted by atomic mass is 9.99. The highest BCUT2D eigenvalue weighted by molar-refractivity contribution is 5.81. The number of amides is 1. The van der Waals surface area contributed by atoms with E-state index < -0.39 is 67.4 Å². The number of aliphatic hydroxyl groups is 5. The van der Waals surface area contributed by atoms with E-state index in [-0.39, 0.29) is 19.4 Å². The zero-order valence-electron chi connectivity index (χ0n) is 48.7. The van der Waals surface area contributed by atoms with Gasteiger partial charge in [0.05, 0.1) is 25.4 Å². The van der Waals surface area contributed by atoms with E-state index >= 15 is 0 Å². The van der Waals surface area contributed by atoms with E-state index in [1.807, 2.05) is 18.2 Å². The average molecular weight is 1090 g/mol. The van der Waals surface area contributed by atoms with Crippen molar-refractivity contribution in [3.05, 3.63) is 134 Å². The van der Waals surface area contributed by atoms with Gasteiger partial charge in [0.15, 0.2) is 12.4 Å². The average Bonchev–Trinajstić information content (AvgIpc) is 3.44. The summed E-state index contributed by atoms with van der Waals surface area (Å²) in [5.41, 5.74) is 0. The van der Waals surface area contributed by atoms with Gasteiger partial charge in [0.2, 0.25) is 5.91 Å². The van der Waals surface area contributed by atoms with E-state index in [1.165, 1.54) is 64.2 Å². The van der Waals surface area contributed by atoms with Crippen molar-refractivity contribution in [2.24, 2.45) is 0 Å². The van der Waals surface area contributed by atoms with Gasteiger partial charge in [0.1, 0.15) is 24.4 Å². The molecule has 442 valence electrons. The fourth-order valence-electron chi connectivity index (χ4n) is 8.47. The summed E-state index contributed by atoms with van der Waals surface area (Å²) in [4.78, 5) is 26.5. The number of nitrogens with one attached hydrogen (secondary N) is 1. The van der Waals surface area contributed by atoms with Crippen LogP contribution in [0.4, 0.5) is 0 Å². The van der Waals surface area contributed by atoms with Gasteiger partial charge >= 0.3 is 5.97 Å². The molecule has 1 aliphatic rings. The van der Waals surface area contributed by atoms with Crippen molar-refractivity contribution in [2.75, 3.05) is 13.2 Å². The number of hydrogen-bond acceptors (Lipinski definition) is 10. The van der Waals surface area contributed by atoms with E-state index in [1.54, 1.807) is 12.2 Å². The van der Waals surface area contributed by atoms with E-state index in [4.69, 9.17) is 14.2 Å². The van der Waals surface area contributed by atoms with Crippen LogP contribution in [0.5, 0.6) is 0 Å². The second kappa shape index (κ2) is 53.4. The summed E-state index contributed by atoms with van der Waals surface area (Å²) >= 11 is 0. The summed E-state index contributed by atoms with van der Waals surface area (Å²) in [5, 5.41) is 56.8. The monoisotopic (exact) mass is 1090 g/mol. The molecule has 0 aliphatic carbocycles. The molecule has 1 saturated heterocycles. The summed E-state index contributed by atoms with van der Waals surface area (Å²) in [6.07, 6.45) is 65.0. The number of esters is 1. The Bertz CT molecular complexity index is 1770. The van der Waals surface area contributed by atoms with Gasteiger partial charge < -0.3 is 45.1 Å². The molecule has 1 fully saturated rings. The van der Waals surface area contributed by atoms with Gasteiger partial charge in [0.25, 0.3) is 0 Å². The van der Waals surface area contributed by atoms with Crippen molar-refractivity contribution < 1.29 is 49.3 Å². The third-order valence-electron chi connectivity index (χ3n) is 13.3. The standard InChI is InChI=1S/C67H109NO10/c1-4-7-10-13-16-19-22-25-27-29-31-33-35-37-40-43-46-49-52-55-62(72)78-65-64(74)63(73)61(56-69)77-67(65)76-57-58(59(70)53-50-47-44-41-38-24-21-18-15-12-9-6-3)68-66(75)60(71)54-51-48-45-42-39-36-34-32-30-28-26-23-20-17-14-11-8-5-2/h8,11,16-17,19-20,25-28,31-34,37,39-40,42,48,50-51,53,58-61,63-65,67,69-71,73-74H,4-7,9-10,12-15,18,21-24,29-30,35-36,38,41,43-47,49,52,54-57H2,1-3H3,(H,68,75)/b11-8-,19-16-,20-17-,27-25-,28-26-,33-31-,34-32-,40-37-,42-39-,51-48-,53-50+. The zero-order chi connectivity index (χ0) is 56.8. The number of allylic oxidation sites excluding steroid dienone is 20. The van der Waals surface area contributed by atoms with E-state index in [0.717, 1.165) is 103 Å². The summed E-state index contributed by atoms with van der Waals surface area (Å²) in [7, 11) is 0. The lowest BCUT2D eigenvalue weighted by Crippen LogP contribution is -2.61.